The summed E-state index contributed by atoms with van der Waals surface area (Å²) in [4.78, 5) is 23.3. The third-order valence-electron chi connectivity index (χ3n) is 4.39. The number of hydrogen-bond acceptors (Lipinski definition) is 5. The molecule has 0 aliphatic rings. The molecule has 136 valence electrons. The summed E-state index contributed by atoms with van der Waals surface area (Å²) < 4.78 is 7.90. The maximum atomic E-state index is 11.6. The molecule has 0 atom stereocenters. The molecule has 4 rings (SSSR count). The molecule has 27 heavy (non-hydrogen) atoms. The van der Waals surface area contributed by atoms with E-state index in [1.54, 1.807) is 24.8 Å². The summed E-state index contributed by atoms with van der Waals surface area (Å²) in [7, 11) is 0. The predicted molar refractivity (Wildman–Crippen MR) is 102 cm³/mol. The lowest BCUT2D eigenvalue weighted by Crippen LogP contribution is -2.08. The van der Waals surface area contributed by atoms with Crippen molar-refractivity contribution in [3.05, 3.63) is 60.2 Å². The summed E-state index contributed by atoms with van der Waals surface area (Å²) in [5, 5.41) is 4.38. The highest BCUT2D eigenvalue weighted by Crippen LogP contribution is 2.28. The van der Waals surface area contributed by atoms with Gasteiger partial charge < -0.3 is 9.72 Å². The maximum absolute atomic E-state index is 11.6. The topological polar surface area (TPSA) is 85.7 Å². The second-order valence-corrected chi connectivity index (χ2v) is 6.45. The number of aldehydes is 1. The number of ether oxygens (including phenoxy) is 1. The van der Waals surface area contributed by atoms with Crippen molar-refractivity contribution in [2.24, 2.45) is 0 Å². The standard InChI is InChI=1S/C20H19N5O2/c1-13(2)25-17(7-9-24-25)19-14(4-3-8-21-19)11-27-18-6-5-16-20(15(18)10-26)23-12-22-16/h3-10,12-13H,11H2,1-2H3,(H,22,23). The Bertz CT molecular complexity index is 1100. The van der Waals surface area contributed by atoms with Crippen LogP contribution in [0.1, 0.15) is 35.8 Å². The first-order valence-electron chi connectivity index (χ1n) is 8.71. The first kappa shape index (κ1) is 17.0. The number of carbonyl (C=O) groups excluding carboxylic acids is 1. The summed E-state index contributed by atoms with van der Waals surface area (Å²) in [6, 6.07) is 9.62. The molecule has 7 nitrogen and oxygen atoms in total. The van der Waals surface area contributed by atoms with Gasteiger partial charge in [0.25, 0.3) is 0 Å². The van der Waals surface area contributed by atoms with Gasteiger partial charge in [0.05, 0.1) is 28.8 Å². The van der Waals surface area contributed by atoms with Crippen LogP contribution in [0.2, 0.25) is 0 Å². The molecular formula is C20H19N5O2. The van der Waals surface area contributed by atoms with Gasteiger partial charge in [-0.2, -0.15) is 5.10 Å². The number of nitrogens with zero attached hydrogens (tertiary/aromatic N) is 4. The van der Waals surface area contributed by atoms with Crippen LogP contribution >= 0.6 is 0 Å². The van der Waals surface area contributed by atoms with E-state index in [4.69, 9.17) is 4.74 Å². The van der Waals surface area contributed by atoms with E-state index in [9.17, 15) is 4.79 Å². The van der Waals surface area contributed by atoms with Crippen molar-refractivity contribution in [2.75, 3.05) is 0 Å². The van der Waals surface area contributed by atoms with Gasteiger partial charge in [0.15, 0.2) is 6.29 Å². The van der Waals surface area contributed by atoms with Crippen LogP contribution in [-0.2, 0) is 6.61 Å². The molecule has 0 aliphatic carbocycles. The normalized spacial score (nSPS) is 11.2. The Morgan fingerprint density at radius 2 is 2.07 bits per heavy atom. The molecule has 0 spiro atoms. The monoisotopic (exact) mass is 361 g/mol. The number of aromatic nitrogens is 5. The zero-order valence-electron chi connectivity index (χ0n) is 15.1. The smallest absolute Gasteiger partial charge is 0.156 e. The average molecular weight is 361 g/mol. The largest absolute Gasteiger partial charge is 0.488 e. The summed E-state index contributed by atoms with van der Waals surface area (Å²) >= 11 is 0. The van der Waals surface area contributed by atoms with Crippen LogP contribution in [0.25, 0.3) is 22.4 Å². The van der Waals surface area contributed by atoms with Crippen LogP contribution in [0.4, 0.5) is 0 Å². The van der Waals surface area contributed by atoms with Gasteiger partial charge in [-0.05, 0) is 38.1 Å². The number of fused-ring (bicyclic) bond motifs is 1. The number of imidazole rings is 1. The van der Waals surface area contributed by atoms with Crippen LogP contribution in [0.5, 0.6) is 5.75 Å². The SMILES string of the molecule is CC(C)n1nccc1-c1ncccc1COc1ccc2[nH]cnc2c1C=O. The predicted octanol–water partition coefficient (Wildman–Crippen LogP) is 3.79. The molecule has 0 saturated carbocycles. The number of nitrogens with one attached hydrogen (secondary N) is 1. The number of carbonyl (C=O) groups is 1. The van der Waals surface area contributed by atoms with E-state index in [1.165, 1.54) is 0 Å². The minimum absolute atomic E-state index is 0.217. The molecule has 0 fully saturated rings. The van der Waals surface area contributed by atoms with Gasteiger partial charge in [-0.15, -0.1) is 0 Å². The van der Waals surface area contributed by atoms with Crippen molar-refractivity contribution in [3.8, 4) is 17.1 Å². The van der Waals surface area contributed by atoms with Crippen LogP contribution in [0.3, 0.4) is 0 Å². The van der Waals surface area contributed by atoms with Gasteiger partial charge in [-0.25, -0.2) is 4.98 Å². The minimum Gasteiger partial charge on any atom is -0.488 e. The van der Waals surface area contributed by atoms with Crippen molar-refractivity contribution >= 4 is 17.3 Å². The Labute approximate surface area is 156 Å². The fraction of sp³-hybridized carbons (Fsp3) is 0.200. The van der Waals surface area contributed by atoms with Gasteiger partial charge in [0, 0.05) is 24.0 Å². The van der Waals surface area contributed by atoms with Crippen LogP contribution in [0, 0.1) is 0 Å². The molecule has 3 heterocycles. The summed E-state index contributed by atoms with van der Waals surface area (Å²) in [5.74, 6) is 0.497. The van der Waals surface area contributed by atoms with Gasteiger partial charge >= 0.3 is 0 Å². The molecular weight excluding hydrogens is 342 g/mol. The van der Waals surface area contributed by atoms with E-state index in [2.05, 4.69) is 33.9 Å². The lowest BCUT2D eigenvalue weighted by Gasteiger charge is -2.14. The summed E-state index contributed by atoms with van der Waals surface area (Å²) in [6.45, 7) is 4.43. The molecule has 0 amide bonds. The Morgan fingerprint density at radius 3 is 2.89 bits per heavy atom. The van der Waals surface area contributed by atoms with E-state index in [-0.39, 0.29) is 12.6 Å². The highest BCUT2D eigenvalue weighted by molar-refractivity contribution is 5.97. The lowest BCUT2D eigenvalue weighted by atomic mass is 10.1. The molecule has 3 aromatic heterocycles. The lowest BCUT2D eigenvalue weighted by molar-refractivity contribution is 0.112. The van der Waals surface area contributed by atoms with E-state index in [0.29, 0.717) is 16.8 Å². The third-order valence-corrected chi connectivity index (χ3v) is 4.39. The number of hydrogen-bond donors (Lipinski definition) is 1. The Balaban J connectivity index is 1.67. The molecule has 1 aromatic carbocycles. The molecule has 1 N–H and O–H groups in total. The van der Waals surface area contributed by atoms with E-state index in [0.717, 1.165) is 28.8 Å². The average Bonchev–Trinajstić information content (AvgIpc) is 3.35. The van der Waals surface area contributed by atoms with Gasteiger partial charge in [0.2, 0.25) is 0 Å². The fourth-order valence-corrected chi connectivity index (χ4v) is 3.11. The van der Waals surface area contributed by atoms with Crippen molar-refractivity contribution in [2.45, 2.75) is 26.5 Å². The van der Waals surface area contributed by atoms with Gasteiger partial charge in [-0.3, -0.25) is 14.5 Å². The second-order valence-electron chi connectivity index (χ2n) is 6.45. The van der Waals surface area contributed by atoms with Crippen molar-refractivity contribution < 1.29 is 9.53 Å². The van der Waals surface area contributed by atoms with E-state index >= 15 is 0 Å². The van der Waals surface area contributed by atoms with Crippen LogP contribution < -0.4 is 4.74 Å². The number of rotatable bonds is 6. The van der Waals surface area contributed by atoms with Crippen molar-refractivity contribution in [1.82, 2.24) is 24.7 Å². The molecule has 0 unspecified atom stereocenters. The molecule has 4 aromatic rings. The third kappa shape index (κ3) is 3.08. The molecule has 0 aliphatic heterocycles. The van der Waals surface area contributed by atoms with Crippen LogP contribution in [-0.4, -0.2) is 31.0 Å². The minimum atomic E-state index is 0.217. The number of H-pyrrole nitrogens is 1. The first-order chi connectivity index (χ1) is 13.2. The maximum Gasteiger partial charge on any atom is 0.156 e. The number of benzene rings is 1. The van der Waals surface area contributed by atoms with E-state index in [1.807, 2.05) is 28.9 Å². The first-order valence-corrected chi connectivity index (χ1v) is 8.71. The molecule has 0 radical (unpaired) electrons. The Hall–Kier alpha value is -3.48. The molecule has 0 bridgehead atoms. The highest BCUT2D eigenvalue weighted by Gasteiger charge is 2.15. The summed E-state index contributed by atoms with van der Waals surface area (Å²) in [5.41, 5.74) is 4.50. The molecule has 0 saturated heterocycles. The van der Waals surface area contributed by atoms with Gasteiger partial charge in [-0.1, -0.05) is 6.07 Å². The quantitative estimate of drug-likeness (QED) is 0.528. The Morgan fingerprint density at radius 1 is 1.19 bits per heavy atom. The fourth-order valence-electron chi connectivity index (χ4n) is 3.11. The second kappa shape index (κ2) is 7.03. The highest BCUT2D eigenvalue weighted by atomic mass is 16.5. The van der Waals surface area contributed by atoms with E-state index < -0.39 is 0 Å². The van der Waals surface area contributed by atoms with Gasteiger partial charge in [0.1, 0.15) is 17.9 Å². The van der Waals surface area contributed by atoms with Crippen molar-refractivity contribution in [3.63, 3.8) is 0 Å². The number of aromatic amines is 1. The zero-order chi connectivity index (χ0) is 18.8. The number of pyridine rings is 1. The van der Waals surface area contributed by atoms with Crippen LogP contribution in [0.15, 0.2) is 49.1 Å². The molecule has 7 heteroatoms. The summed E-state index contributed by atoms with van der Waals surface area (Å²) in [6.07, 6.45) is 5.86. The zero-order valence-corrected chi connectivity index (χ0v) is 15.1. The van der Waals surface area contributed by atoms with Crippen molar-refractivity contribution in [1.29, 1.82) is 0 Å². The Kier molecular flexibility index (Phi) is 4.42.